The van der Waals surface area contributed by atoms with Gasteiger partial charge in [0, 0.05) is 0 Å². The maximum Gasteiger partial charge on any atom is 0.309 e. The third-order valence-corrected chi connectivity index (χ3v) is 1.78. The molecule has 2 atom stereocenters. The standard InChI is InChI=1S/C9H16O3/c1-4-7(9(11)12)8(10)5-6(2)3/h7-8,10H,2,4-5H2,1,3H3,(H,11,12). The highest BCUT2D eigenvalue weighted by Crippen LogP contribution is 2.15. The summed E-state index contributed by atoms with van der Waals surface area (Å²) >= 11 is 0. The van der Waals surface area contributed by atoms with Crippen LogP contribution in [0.1, 0.15) is 26.7 Å². The van der Waals surface area contributed by atoms with Crippen molar-refractivity contribution in [2.75, 3.05) is 0 Å². The quantitative estimate of drug-likeness (QED) is 0.617. The van der Waals surface area contributed by atoms with Crippen LogP contribution in [-0.4, -0.2) is 22.3 Å². The Morgan fingerprint density at radius 1 is 1.58 bits per heavy atom. The second kappa shape index (κ2) is 4.93. The molecule has 0 saturated heterocycles. The summed E-state index contributed by atoms with van der Waals surface area (Å²) in [5.74, 6) is -1.60. The average molecular weight is 172 g/mol. The van der Waals surface area contributed by atoms with Crippen molar-refractivity contribution in [2.24, 2.45) is 5.92 Å². The van der Waals surface area contributed by atoms with E-state index < -0.39 is 18.0 Å². The van der Waals surface area contributed by atoms with E-state index >= 15 is 0 Å². The molecule has 0 rings (SSSR count). The fourth-order valence-electron chi connectivity index (χ4n) is 1.11. The Balaban J connectivity index is 4.11. The van der Waals surface area contributed by atoms with Crippen LogP contribution in [0.15, 0.2) is 12.2 Å². The van der Waals surface area contributed by atoms with Crippen molar-refractivity contribution in [1.82, 2.24) is 0 Å². The first-order chi connectivity index (χ1) is 5.49. The molecule has 0 aliphatic rings. The Hall–Kier alpha value is -0.830. The van der Waals surface area contributed by atoms with E-state index in [1.165, 1.54) is 0 Å². The number of carboxylic acid groups (broad SMARTS) is 1. The minimum atomic E-state index is -0.939. The van der Waals surface area contributed by atoms with E-state index in [1.54, 1.807) is 13.8 Å². The van der Waals surface area contributed by atoms with E-state index in [4.69, 9.17) is 5.11 Å². The van der Waals surface area contributed by atoms with Gasteiger partial charge in [0.1, 0.15) is 0 Å². The van der Waals surface area contributed by atoms with Crippen LogP contribution in [0, 0.1) is 5.92 Å². The van der Waals surface area contributed by atoms with Gasteiger partial charge < -0.3 is 10.2 Å². The zero-order valence-electron chi connectivity index (χ0n) is 7.58. The number of rotatable bonds is 5. The van der Waals surface area contributed by atoms with Crippen molar-refractivity contribution < 1.29 is 15.0 Å². The maximum absolute atomic E-state index is 10.6. The Morgan fingerprint density at radius 2 is 2.08 bits per heavy atom. The summed E-state index contributed by atoms with van der Waals surface area (Å²) in [6.45, 7) is 7.14. The summed E-state index contributed by atoms with van der Waals surface area (Å²) in [6, 6.07) is 0. The molecule has 0 bridgehead atoms. The van der Waals surface area contributed by atoms with Crippen LogP contribution in [0.2, 0.25) is 0 Å². The SMILES string of the molecule is C=C(C)CC(O)C(CC)C(=O)O. The van der Waals surface area contributed by atoms with Gasteiger partial charge in [-0.1, -0.05) is 12.5 Å². The predicted molar refractivity (Wildman–Crippen MR) is 46.9 cm³/mol. The molecule has 0 aliphatic carbocycles. The molecule has 70 valence electrons. The van der Waals surface area contributed by atoms with Crippen LogP contribution in [0.25, 0.3) is 0 Å². The number of hydrogen-bond donors (Lipinski definition) is 2. The van der Waals surface area contributed by atoms with E-state index in [0.29, 0.717) is 12.8 Å². The van der Waals surface area contributed by atoms with Crippen LogP contribution >= 0.6 is 0 Å². The lowest BCUT2D eigenvalue weighted by Crippen LogP contribution is -2.27. The fourth-order valence-corrected chi connectivity index (χ4v) is 1.11. The summed E-state index contributed by atoms with van der Waals surface area (Å²) in [4.78, 5) is 10.6. The summed E-state index contributed by atoms with van der Waals surface area (Å²) in [6.07, 6.45) is 0.0131. The van der Waals surface area contributed by atoms with E-state index in [-0.39, 0.29) is 0 Å². The molecule has 2 unspecified atom stereocenters. The molecule has 0 radical (unpaired) electrons. The first-order valence-electron chi connectivity index (χ1n) is 4.04. The average Bonchev–Trinajstić information content (AvgIpc) is 1.85. The van der Waals surface area contributed by atoms with Gasteiger partial charge in [0.05, 0.1) is 12.0 Å². The molecular formula is C9H16O3. The largest absolute Gasteiger partial charge is 0.481 e. The Bertz CT molecular complexity index is 175. The van der Waals surface area contributed by atoms with Gasteiger partial charge >= 0.3 is 5.97 Å². The lowest BCUT2D eigenvalue weighted by molar-refractivity contribution is -0.145. The highest BCUT2D eigenvalue weighted by molar-refractivity contribution is 5.70. The summed E-state index contributed by atoms with van der Waals surface area (Å²) in [7, 11) is 0. The number of aliphatic hydroxyl groups is 1. The Labute approximate surface area is 72.7 Å². The van der Waals surface area contributed by atoms with E-state index in [1.807, 2.05) is 0 Å². The zero-order valence-corrected chi connectivity index (χ0v) is 7.58. The summed E-state index contributed by atoms with van der Waals surface area (Å²) in [5, 5.41) is 18.1. The Kier molecular flexibility index (Phi) is 4.59. The lowest BCUT2D eigenvalue weighted by atomic mass is 9.95. The zero-order chi connectivity index (χ0) is 9.72. The van der Waals surface area contributed by atoms with Gasteiger partial charge in [-0.15, -0.1) is 6.58 Å². The monoisotopic (exact) mass is 172 g/mol. The number of aliphatic carboxylic acids is 1. The minimum Gasteiger partial charge on any atom is -0.481 e. The lowest BCUT2D eigenvalue weighted by Gasteiger charge is -2.16. The molecule has 0 fully saturated rings. The molecule has 0 aromatic heterocycles. The molecule has 0 aromatic rings. The molecule has 2 N–H and O–H groups in total. The van der Waals surface area contributed by atoms with Gasteiger partial charge in [0.25, 0.3) is 0 Å². The van der Waals surface area contributed by atoms with Crippen LogP contribution in [0.3, 0.4) is 0 Å². The Morgan fingerprint density at radius 3 is 2.33 bits per heavy atom. The van der Waals surface area contributed by atoms with Gasteiger partial charge in [-0.25, -0.2) is 0 Å². The summed E-state index contributed by atoms with van der Waals surface area (Å²) in [5.41, 5.74) is 0.808. The van der Waals surface area contributed by atoms with E-state index in [9.17, 15) is 9.90 Å². The highest BCUT2D eigenvalue weighted by Gasteiger charge is 2.23. The second-order valence-corrected chi connectivity index (χ2v) is 3.08. The first kappa shape index (κ1) is 11.2. The molecule has 3 heteroatoms. The van der Waals surface area contributed by atoms with E-state index in [0.717, 1.165) is 5.57 Å². The van der Waals surface area contributed by atoms with Crippen LogP contribution in [0.5, 0.6) is 0 Å². The molecule has 12 heavy (non-hydrogen) atoms. The molecule has 0 heterocycles. The number of aliphatic hydroxyl groups excluding tert-OH is 1. The summed E-state index contributed by atoms with van der Waals surface area (Å²) < 4.78 is 0. The fraction of sp³-hybridized carbons (Fsp3) is 0.667. The van der Waals surface area contributed by atoms with Gasteiger partial charge in [0.2, 0.25) is 0 Å². The smallest absolute Gasteiger partial charge is 0.309 e. The first-order valence-corrected chi connectivity index (χ1v) is 4.04. The molecule has 0 aliphatic heterocycles. The van der Waals surface area contributed by atoms with Gasteiger partial charge in [-0.05, 0) is 19.8 Å². The van der Waals surface area contributed by atoms with Crippen molar-refractivity contribution in [1.29, 1.82) is 0 Å². The molecule has 0 amide bonds. The third-order valence-electron chi connectivity index (χ3n) is 1.78. The van der Waals surface area contributed by atoms with Gasteiger partial charge in [-0.2, -0.15) is 0 Å². The van der Waals surface area contributed by atoms with Crippen LogP contribution in [-0.2, 0) is 4.79 Å². The molecule has 0 saturated carbocycles. The maximum atomic E-state index is 10.6. The molecular weight excluding hydrogens is 156 g/mol. The number of carboxylic acids is 1. The van der Waals surface area contributed by atoms with Crippen molar-refractivity contribution in [3.05, 3.63) is 12.2 Å². The van der Waals surface area contributed by atoms with Crippen molar-refractivity contribution >= 4 is 5.97 Å². The van der Waals surface area contributed by atoms with Crippen LogP contribution in [0.4, 0.5) is 0 Å². The number of hydrogen-bond acceptors (Lipinski definition) is 2. The second-order valence-electron chi connectivity index (χ2n) is 3.08. The van der Waals surface area contributed by atoms with Crippen molar-refractivity contribution in [2.45, 2.75) is 32.8 Å². The molecule has 0 aromatic carbocycles. The van der Waals surface area contributed by atoms with Crippen molar-refractivity contribution in [3.8, 4) is 0 Å². The van der Waals surface area contributed by atoms with Crippen molar-refractivity contribution in [3.63, 3.8) is 0 Å². The van der Waals surface area contributed by atoms with E-state index in [2.05, 4.69) is 6.58 Å². The molecule has 0 spiro atoms. The third kappa shape index (κ3) is 3.53. The van der Waals surface area contributed by atoms with Gasteiger partial charge in [0.15, 0.2) is 0 Å². The number of carbonyl (C=O) groups is 1. The molecule has 3 nitrogen and oxygen atoms in total. The highest BCUT2D eigenvalue weighted by atomic mass is 16.4. The predicted octanol–water partition coefficient (Wildman–Crippen LogP) is 1.42. The topological polar surface area (TPSA) is 57.5 Å². The van der Waals surface area contributed by atoms with Crippen LogP contribution < -0.4 is 0 Å². The normalized spacial score (nSPS) is 15.2. The van der Waals surface area contributed by atoms with Gasteiger partial charge in [-0.3, -0.25) is 4.79 Å². The minimum absolute atomic E-state index is 0.366.